The van der Waals surface area contributed by atoms with E-state index in [9.17, 15) is 4.79 Å². The van der Waals surface area contributed by atoms with Crippen LogP contribution in [0.2, 0.25) is 0 Å². The normalized spacial score (nSPS) is 28.0. The zero-order valence-corrected chi connectivity index (χ0v) is 6.62. The van der Waals surface area contributed by atoms with Gasteiger partial charge >= 0.3 is 0 Å². The minimum Gasteiger partial charge on any atom is -0.379 e. The lowest BCUT2D eigenvalue weighted by Gasteiger charge is -2.10. The molecule has 1 fully saturated rings. The van der Waals surface area contributed by atoms with Crippen LogP contribution in [0.3, 0.4) is 0 Å². The molecule has 1 saturated heterocycles. The van der Waals surface area contributed by atoms with Crippen LogP contribution in [-0.2, 0) is 9.53 Å². The maximum atomic E-state index is 11.2. The van der Waals surface area contributed by atoms with Gasteiger partial charge in [-0.3, -0.25) is 4.79 Å². The summed E-state index contributed by atoms with van der Waals surface area (Å²) in [5, 5.41) is 10.6. The minimum atomic E-state index is -0.293. The number of nitrogens with zero attached hydrogens (tertiary/aromatic N) is 1. The van der Waals surface area contributed by atoms with Gasteiger partial charge in [0.05, 0.1) is 25.2 Å². The van der Waals surface area contributed by atoms with Crippen LogP contribution in [0.1, 0.15) is 0 Å². The van der Waals surface area contributed by atoms with E-state index in [4.69, 9.17) is 15.7 Å². The van der Waals surface area contributed by atoms with Crippen molar-refractivity contribution in [1.82, 2.24) is 5.32 Å². The van der Waals surface area contributed by atoms with E-state index < -0.39 is 0 Å². The molecular formula is C7H11N3O2. The smallest absolute Gasteiger partial charge is 0.227 e. The lowest BCUT2D eigenvalue weighted by Crippen LogP contribution is -2.41. The number of amides is 1. The van der Waals surface area contributed by atoms with Crippen molar-refractivity contribution in [3.05, 3.63) is 0 Å². The molecule has 1 rings (SSSR count). The number of hydrogen-bond donors (Lipinski definition) is 2. The van der Waals surface area contributed by atoms with Gasteiger partial charge < -0.3 is 15.8 Å². The Morgan fingerprint density at radius 1 is 1.75 bits per heavy atom. The number of hydrogen-bond acceptors (Lipinski definition) is 4. The second kappa shape index (κ2) is 4.04. The Morgan fingerprint density at radius 3 is 3.00 bits per heavy atom. The maximum Gasteiger partial charge on any atom is 0.227 e. The molecule has 1 aliphatic heterocycles. The molecule has 0 spiro atoms. The fourth-order valence-electron chi connectivity index (χ4n) is 1.10. The average molecular weight is 169 g/mol. The topological polar surface area (TPSA) is 88.1 Å². The van der Waals surface area contributed by atoms with E-state index in [-0.39, 0.29) is 24.4 Å². The molecular weight excluding hydrogens is 158 g/mol. The Kier molecular flexibility index (Phi) is 3.02. The van der Waals surface area contributed by atoms with Gasteiger partial charge in [0.1, 0.15) is 6.54 Å². The van der Waals surface area contributed by atoms with E-state index in [1.807, 2.05) is 6.07 Å². The molecule has 5 nitrogen and oxygen atoms in total. The highest BCUT2D eigenvalue weighted by atomic mass is 16.5. The molecule has 0 radical (unpaired) electrons. The molecule has 0 aromatic heterocycles. The molecule has 3 N–H and O–H groups in total. The molecule has 1 aliphatic rings. The lowest BCUT2D eigenvalue weighted by atomic mass is 10.0. The number of carbonyl (C=O) groups excluding carboxylic acids is 1. The van der Waals surface area contributed by atoms with Crippen molar-refractivity contribution in [3.8, 4) is 6.07 Å². The van der Waals surface area contributed by atoms with Gasteiger partial charge in [-0.2, -0.15) is 5.26 Å². The van der Waals surface area contributed by atoms with Crippen LogP contribution in [0.15, 0.2) is 0 Å². The standard InChI is InChI=1S/C7H11N3O2/c8-1-2-10-7(11)5-3-12-4-6(5)9/h5-6H,2-4,9H2,(H,10,11). The summed E-state index contributed by atoms with van der Waals surface area (Å²) in [6.45, 7) is 0.811. The van der Waals surface area contributed by atoms with Crippen molar-refractivity contribution in [1.29, 1.82) is 5.26 Å². The van der Waals surface area contributed by atoms with Crippen molar-refractivity contribution >= 4 is 5.91 Å². The molecule has 0 bridgehead atoms. The SMILES string of the molecule is N#CCNC(=O)C1COCC1N. The minimum absolute atomic E-state index is 0.0298. The van der Waals surface area contributed by atoms with E-state index in [1.165, 1.54) is 0 Å². The highest BCUT2D eigenvalue weighted by molar-refractivity contribution is 5.80. The van der Waals surface area contributed by atoms with Gasteiger partial charge in [0, 0.05) is 6.04 Å². The molecule has 2 unspecified atom stereocenters. The summed E-state index contributed by atoms with van der Waals surface area (Å²) >= 11 is 0. The Bertz CT molecular complexity index is 211. The van der Waals surface area contributed by atoms with Crippen LogP contribution in [0, 0.1) is 17.2 Å². The van der Waals surface area contributed by atoms with Gasteiger partial charge in [0.15, 0.2) is 0 Å². The number of rotatable bonds is 2. The van der Waals surface area contributed by atoms with Gasteiger partial charge in [0.2, 0.25) is 5.91 Å². The van der Waals surface area contributed by atoms with Crippen LogP contribution >= 0.6 is 0 Å². The molecule has 1 heterocycles. The Morgan fingerprint density at radius 2 is 2.50 bits per heavy atom. The summed E-state index contributed by atoms with van der Waals surface area (Å²) in [6, 6.07) is 1.59. The first kappa shape index (κ1) is 8.97. The maximum absolute atomic E-state index is 11.2. The predicted octanol–water partition coefficient (Wildman–Crippen LogP) is -1.40. The molecule has 0 saturated carbocycles. The largest absolute Gasteiger partial charge is 0.379 e. The van der Waals surface area contributed by atoms with E-state index in [0.717, 1.165) is 0 Å². The highest BCUT2D eigenvalue weighted by Crippen LogP contribution is 2.10. The predicted molar refractivity (Wildman–Crippen MR) is 40.9 cm³/mol. The molecule has 2 atom stereocenters. The fraction of sp³-hybridized carbons (Fsp3) is 0.714. The number of nitriles is 1. The molecule has 0 aliphatic carbocycles. The van der Waals surface area contributed by atoms with Crippen LogP contribution in [-0.4, -0.2) is 31.7 Å². The first-order chi connectivity index (χ1) is 5.75. The van der Waals surface area contributed by atoms with Gasteiger partial charge in [-0.15, -0.1) is 0 Å². The van der Waals surface area contributed by atoms with E-state index >= 15 is 0 Å². The zero-order valence-electron chi connectivity index (χ0n) is 6.62. The lowest BCUT2D eigenvalue weighted by molar-refractivity contribution is -0.124. The summed E-state index contributed by atoms with van der Waals surface area (Å²) in [7, 11) is 0. The van der Waals surface area contributed by atoms with Crippen LogP contribution in [0.25, 0.3) is 0 Å². The van der Waals surface area contributed by atoms with Crippen molar-refractivity contribution in [2.75, 3.05) is 19.8 Å². The summed E-state index contributed by atoms with van der Waals surface area (Å²) in [5.74, 6) is -0.486. The zero-order chi connectivity index (χ0) is 8.97. The third-order valence-electron chi connectivity index (χ3n) is 1.80. The van der Waals surface area contributed by atoms with Crippen molar-refractivity contribution in [2.24, 2.45) is 11.7 Å². The Balaban J connectivity index is 2.37. The number of carbonyl (C=O) groups is 1. The summed E-state index contributed by atoms with van der Waals surface area (Å²) in [4.78, 5) is 11.2. The summed E-state index contributed by atoms with van der Waals surface area (Å²) < 4.78 is 5.00. The Labute approximate surface area is 70.5 Å². The van der Waals surface area contributed by atoms with Crippen molar-refractivity contribution in [2.45, 2.75) is 6.04 Å². The monoisotopic (exact) mass is 169 g/mol. The second-order valence-corrected chi connectivity index (χ2v) is 2.68. The summed E-state index contributed by atoms with van der Waals surface area (Å²) in [5.41, 5.74) is 5.58. The average Bonchev–Trinajstić information content (AvgIpc) is 2.47. The van der Waals surface area contributed by atoms with Crippen LogP contribution in [0.4, 0.5) is 0 Å². The molecule has 0 aromatic carbocycles. The first-order valence-electron chi connectivity index (χ1n) is 3.73. The molecule has 12 heavy (non-hydrogen) atoms. The molecule has 66 valence electrons. The van der Waals surface area contributed by atoms with Crippen molar-refractivity contribution < 1.29 is 9.53 Å². The van der Waals surface area contributed by atoms with Gasteiger partial charge in [-0.25, -0.2) is 0 Å². The molecule has 5 heteroatoms. The van der Waals surface area contributed by atoms with Crippen LogP contribution < -0.4 is 11.1 Å². The Hall–Kier alpha value is -1.12. The number of nitrogens with two attached hydrogens (primary N) is 1. The highest BCUT2D eigenvalue weighted by Gasteiger charge is 2.30. The van der Waals surface area contributed by atoms with E-state index in [1.54, 1.807) is 0 Å². The second-order valence-electron chi connectivity index (χ2n) is 2.68. The molecule has 0 aromatic rings. The van der Waals surface area contributed by atoms with Crippen molar-refractivity contribution in [3.63, 3.8) is 0 Å². The molecule has 1 amide bonds. The first-order valence-corrected chi connectivity index (χ1v) is 3.73. The number of nitrogens with one attached hydrogen (secondary N) is 1. The van der Waals surface area contributed by atoms with E-state index in [2.05, 4.69) is 5.32 Å². The fourth-order valence-corrected chi connectivity index (χ4v) is 1.10. The summed E-state index contributed by atoms with van der Waals surface area (Å²) in [6.07, 6.45) is 0. The third-order valence-corrected chi connectivity index (χ3v) is 1.80. The van der Waals surface area contributed by atoms with Gasteiger partial charge in [-0.05, 0) is 0 Å². The quantitative estimate of drug-likeness (QED) is 0.497. The van der Waals surface area contributed by atoms with Crippen LogP contribution in [0.5, 0.6) is 0 Å². The van der Waals surface area contributed by atoms with E-state index in [0.29, 0.717) is 13.2 Å². The third kappa shape index (κ3) is 1.94. The number of ether oxygens (including phenoxy) is 1. The van der Waals surface area contributed by atoms with Gasteiger partial charge in [0.25, 0.3) is 0 Å². The van der Waals surface area contributed by atoms with Gasteiger partial charge in [-0.1, -0.05) is 0 Å².